The molecule has 0 aliphatic carbocycles. The van der Waals surface area contributed by atoms with E-state index in [0.717, 1.165) is 6.07 Å². The van der Waals surface area contributed by atoms with Crippen LogP contribution in [0.4, 0.5) is 4.39 Å². The Balaban J connectivity index is 2.93. The van der Waals surface area contributed by atoms with Gasteiger partial charge in [-0.2, -0.15) is 4.39 Å². The predicted octanol–water partition coefficient (Wildman–Crippen LogP) is 1.24. The van der Waals surface area contributed by atoms with E-state index >= 15 is 0 Å². The first-order valence-electron chi connectivity index (χ1n) is 5.45. The quantitative estimate of drug-likeness (QED) is 0.599. The van der Waals surface area contributed by atoms with Gasteiger partial charge >= 0.3 is 5.97 Å². The van der Waals surface area contributed by atoms with Gasteiger partial charge in [-0.25, -0.2) is 4.98 Å². The van der Waals surface area contributed by atoms with Crippen molar-refractivity contribution >= 4 is 11.9 Å². The molecule has 0 saturated heterocycles. The van der Waals surface area contributed by atoms with Crippen molar-refractivity contribution < 1.29 is 18.7 Å². The first kappa shape index (κ1) is 14.1. The van der Waals surface area contributed by atoms with Gasteiger partial charge in [-0.1, -0.05) is 0 Å². The molecule has 0 aliphatic rings. The molecule has 0 aromatic carbocycles. The van der Waals surface area contributed by atoms with Crippen molar-refractivity contribution in [1.82, 2.24) is 9.88 Å². The fourth-order valence-corrected chi connectivity index (χ4v) is 1.39. The average Bonchev–Trinajstić information content (AvgIpc) is 2.34. The van der Waals surface area contributed by atoms with E-state index in [4.69, 9.17) is 0 Å². The number of halogens is 1. The van der Waals surface area contributed by atoms with Gasteiger partial charge in [0, 0.05) is 23.9 Å². The zero-order valence-electron chi connectivity index (χ0n) is 10.5. The van der Waals surface area contributed by atoms with Gasteiger partial charge in [-0.3, -0.25) is 9.59 Å². The van der Waals surface area contributed by atoms with E-state index in [1.807, 2.05) is 0 Å². The number of carbonyl (C=O) groups is 2. The maximum Gasteiger partial charge on any atom is 0.325 e. The molecule has 18 heavy (non-hydrogen) atoms. The molecule has 1 aromatic rings. The van der Waals surface area contributed by atoms with E-state index < -0.39 is 17.8 Å². The Bertz CT molecular complexity index is 449. The minimum Gasteiger partial charge on any atom is -0.468 e. The van der Waals surface area contributed by atoms with Crippen molar-refractivity contribution in [3.05, 3.63) is 29.8 Å². The van der Waals surface area contributed by atoms with Crippen LogP contribution in [0.15, 0.2) is 18.3 Å². The minimum atomic E-state index is -0.734. The molecule has 0 saturated carbocycles. The highest BCUT2D eigenvalue weighted by Crippen LogP contribution is 2.09. The molecular weight excluding hydrogens is 239 g/mol. The third-order valence-corrected chi connectivity index (χ3v) is 2.38. The maximum absolute atomic E-state index is 12.9. The third-order valence-electron chi connectivity index (χ3n) is 2.38. The second kappa shape index (κ2) is 6.09. The number of carbonyl (C=O) groups excluding carboxylic acids is 2. The van der Waals surface area contributed by atoms with E-state index in [1.165, 1.54) is 24.3 Å². The van der Waals surface area contributed by atoms with Crippen LogP contribution in [-0.4, -0.2) is 41.5 Å². The number of aromatic nitrogens is 1. The Morgan fingerprint density at radius 2 is 2.17 bits per heavy atom. The average molecular weight is 254 g/mol. The SMILES string of the molecule is COC(=O)CN(C(=O)c1ccnc(F)c1)C(C)C. The molecule has 98 valence electrons. The van der Waals surface area contributed by atoms with Crippen LogP contribution in [-0.2, 0) is 9.53 Å². The fraction of sp³-hybridized carbons (Fsp3) is 0.417. The molecule has 1 rings (SSSR count). The summed E-state index contributed by atoms with van der Waals surface area (Å²) in [5, 5.41) is 0. The first-order chi connectivity index (χ1) is 8.45. The van der Waals surface area contributed by atoms with Crippen molar-refractivity contribution in [3.8, 4) is 0 Å². The number of rotatable bonds is 4. The lowest BCUT2D eigenvalue weighted by Crippen LogP contribution is -2.41. The molecule has 6 heteroatoms. The smallest absolute Gasteiger partial charge is 0.325 e. The summed E-state index contributed by atoms with van der Waals surface area (Å²) in [6.45, 7) is 3.35. The summed E-state index contributed by atoms with van der Waals surface area (Å²) in [6, 6.07) is 2.24. The summed E-state index contributed by atoms with van der Waals surface area (Å²) in [5.41, 5.74) is 0.153. The van der Waals surface area contributed by atoms with Crippen LogP contribution in [0.5, 0.6) is 0 Å². The van der Waals surface area contributed by atoms with Gasteiger partial charge in [0.15, 0.2) is 0 Å². The van der Waals surface area contributed by atoms with E-state index in [0.29, 0.717) is 0 Å². The first-order valence-corrected chi connectivity index (χ1v) is 5.45. The Morgan fingerprint density at radius 3 is 2.67 bits per heavy atom. The summed E-state index contributed by atoms with van der Waals surface area (Å²) in [4.78, 5) is 28.0. The van der Waals surface area contributed by atoms with Crippen molar-refractivity contribution in [2.45, 2.75) is 19.9 Å². The Hall–Kier alpha value is -1.98. The van der Waals surface area contributed by atoms with Crippen molar-refractivity contribution in [1.29, 1.82) is 0 Å². The van der Waals surface area contributed by atoms with E-state index in [1.54, 1.807) is 13.8 Å². The van der Waals surface area contributed by atoms with Gasteiger partial charge in [-0.05, 0) is 19.9 Å². The molecule has 0 bridgehead atoms. The summed E-state index contributed by atoms with van der Waals surface area (Å²) >= 11 is 0. The van der Waals surface area contributed by atoms with Crippen molar-refractivity contribution in [3.63, 3.8) is 0 Å². The highest BCUT2D eigenvalue weighted by molar-refractivity contribution is 5.96. The highest BCUT2D eigenvalue weighted by Gasteiger charge is 2.22. The zero-order chi connectivity index (χ0) is 13.7. The largest absolute Gasteiger partial charge is 0.468 e. The van der Waals surface area contributed by atoms with Gasteiger partial charge in [0.1, 0.15) is 6.54 Å². The normalized spacial score (nSPS) is 10.3. The molecular formula is C12H15FN2O3. The Labute approximate surface area is 105 Å². The van der Waals surface area contributed by atoms with Gasteiger partial charge in [-0.15, -0.1) is 0 Å². The lowest BCUT2D eigenvalue weighted by molar-refractivity contribution is -0.141. The molecule has 0 radical (unpaired) electrons. The van der Waals surface area contributed by atoms with E-state index in [9.17, 15) is 14.0 Å². The lowest BCUT2D eigenvalue weighted by Gasteiger charge is -2.25. The van der Waals surface area contributed by atoms with Crippen LogP contribution in [0.2, 0.25) is 0 Å². The zero-order valence-corrected chi connectivity index (χ0v) is 10.5. The van der Waals surface area contributed by atoms with Gasteiger partial charge < -0.3 is 9.64 Å². The number of hydrogen-bond donors (Lipinski definition) is 0. The molecule has 0 spiro atoms. The number of ether oxygens (including phenoxy) is 1. The summed E-state index contributed by atoms with van der Waals surface area (Å²) in [6.07, 6.45) is 1.21. The van der Waals surface area contributed by atoms with Gasteiger partial charge in [0.2, 0.25) is 5.95 Å². The van der Waals surface area contributed by atoms with Crippen LogP contribution in [0.25, 0.3) is 0 Å². The van der Waals surface area contributed by atoms with E-state index in [-0.39, 0.29) is 18.2 Å². The van der Waals surface area contributed by atoms with Crippen LogP contribution in [0, 0.1) is 5.95 Å². The molecule has 0 unspecified atom stereocenters. The van der Waals surface area contributed by atoms with E-state index in [2.05, 4.69) is 9.72 Å². The third kappa shape index (κ3) is 3.51. The van der Waals surface area contributed by atoms with Gasteiger partial charge in [0.25, 0.3) is 5.91 Å². The Morgan fingerprint density at radius 1 is 1.50 bits per heavy atom. The molecule has 5 nitrogen and oxygen atoms in total. The number of pyridine rings is 1. The number of amides is 1. The van der Waals surface area contributed by atoms with Crippen LogP contribution >= 0.6 is 0 Å². The summed E-state index contributed by atoms with van der Waals surface area (Å²) in [5.74, 6) is -1.69. The number of nitrogens with zero attached hydrogens (tertiary/aromatic N) is 2. The summed E-state index contributed by atoms with van der Waals surface area (Å²) < 4.78 is 17.5. The fourth-order valence-electron chi connectivity index (χ4n) is 1.39. The monoisotopic (exact) mass is 254 g/mol. The number of esters is 1. The molecule has 1 amide bonds. The molecule has 1 heterocycles. The second-order valence-corrected chi connectivity index (χ2v) is 3.97. The molecule has 0 fully saturated rings. The van der Waals surface area contributed by atoms with Crippen molar-refractivity contribution in [2.24, 2.45) is 0 Å². The van der Waals surface area contributed by atoms with Crippen LogP contribution in [0.3, 0.4) is 0 Å². The molecule has 1 aromatic heterocycles. The minimum absolute atomic E-state index is 0.153. The predicted molar refractivity (Wildman–Crippen MR) is 62.4 cm³/mol. The number of methoxy groups -OCH3 is 1. The molecule has 0 N–H and O–H groups in total. The number of hydrogen-bond acceptors (Lipinski definition) is 4. The molecule has 0 aliphatic heterocycles. The maximum atomic E-state index is 12.9. The standard InChI is InChI=1S/C12H15FN2O3/c1-8(2)15(7-11(16)18-3)12(17)9-4-5-14-10(13)6-9/h4-6,8H,7H2,1-3H3. The summed E-state index contributed by atoms with van der Waals surface area (Å²) in [7, 11) is 1.25. The lowest BCUT2D eigenvalue weighted by atomic mass is 10.2. The van der Waals surface area contributed by atoms with Crippen LogP contribution in [0.1, 0.15) is 24.2 Å². The van der Waals surface area contributed by atoms with Crippen molar-refractivity contribution in [2.75, 3.05) is 13.7 Å². The molecule has 0 atom stereocenters. The van der Waals surface area contributed by atoms with Crippen LogP contribution < -0.4 is 0 Å². The second-order valence-electron chi connectivity index (χ2n) is 3.97. The van der Waals surface area contributed by atoms with Gasteiger partial charge in [0.05, 0.1) is 7.11 Å². The Kier molecular flexibility index (Phi) is 4.76. The highest BCUT2D eigenvalue weighted by atomic mass is 19.1. The topological polar surface area (TPSA) is 59.5 Å².